The van der Waals surface area contributed by atoms with Crippen molar-refractivity contribution in [3.8, 4) is 0 Å². The van der Waals surface area contributed by atoms with Crippen LogP contribution >= 0.6 is 34.1 Å². The van der Waals surface area contributed by atoms with Crippen LogP contribution in [0.1, 0.15) is 51.3 Å². The van der Waals surface area contributed by atoms with E-state index < -0.39 is 0 Å². The van der Waals surface area contributed by atoms with Crippen LogP contribution in [0.5, 0.6) is 0 Å². The standard InChI is InChI=1S/C11H17IN2S/c1-7(2)8-3-5-9(6-4-8)10-13-11(12)15-14-10/h7-9H,3-6H2,1-2H3. The van der Waals surface area contributed by atoms with Crippen LogP contribution in [0.4, 0.5) is 0 Å². The maximum Gasteiger partial charge on any atom is 0.173 e. The molecule has 0 amide bonds. The van der Waals surface area contributed by atoms with Gasteiger partial charge in [-0.05, 0) is 71.6 Å². The molecule has 0 spiro atoms. The third-order valence-electron chi connectivity index (χ3n) is 3.50. The van der Waals surface area contributed by atoms with Crippen LogP contribution in [0.15, 0.2) is 0 Å². The Morgan fingerprint density at radius 2 is 1.93 bits per heavy atom. The Hall–Kier alpha value is 0.290. The molecule has 1 heterocycles. The normalized spacial score (nSPS) is 27.2. The second-order valence-electron chi connectivity index (χ2n) is 4.76. The fraction of sp³-hybridized carbons (Fsp3) is 0.818. The van der Waals surface area contributed by atoms with Crippen molar-refractivity contribution in [3.63, 3.8) is 0 Å². The van der Waals surface area contributed by atoms with Gasteiger partial charge in [-0.15, -0.1) is 0 Å². The van der Waals surface area contributed by atoms with E-state index in [1.807, 2.05) is 0 Å². The van der Waals surface area contributed by atoms with E-state index in [0.29, 0.717) is 5.92 Å². The second kappa shape index (κ2) is 5.08. The molecule has 0 bridgehead atoms. The molecular weight excluding hydrogens is 319 g/mol. The first-order chi connectivity index (χ1) is 7.16. The van der Waals surface area contributed by atoms with Gasteiger partial charge in [0.15, 0.2) is 3.01 Å². The van der Waals surface area contributed by atoms with E-state index in [0.717, 1.165) is 20.7 Å². The Kier molecular flexibility index (Phi) is 3.98. The molecule has 0 aromatic carbocycles. The van der Waals surface area contributed by atoms with E-state index in [4.69, 9.17) is 0 Å². The summed E-state index contributed by atoms with van der Waals surface area (Å²) in [5.74, 6) is 3.51. The lowest BCUT2D eigenvalue weighted by molar-refractivity contribution is 0.255. The van der Waals surface area contributed by atoms with E-state index in [2.05, 4.69) is 45.8 Å². The summed E-state index contributed by atoms with van der Waals surface area (Å²) in [4.78, 5) is 4.50. The molecule has 1 fully saturated rings. The van der Waals surface area contributed by atoms with Crippen LogP contribution < -0.4 is 0 Å². The first-order valence-corrected chi connectivity index (χ1v) is 7.51. The molecule has 1 aliphatic carbocycles. The first kappa shape index (κ1) is 11.8. The van der Waals surface area contributed by atoms with E-state index >= 15 is 0 Å². The molecule has 1 aromatic rings. The summed E-state index contributed by atoms with van der Waals surface area (Å²) in [6.07, 6.45) is 5.29. The molecule has 4 heteroatoms. The van der Waals surface area contributed by atoms with E-state index in [-0.39, 0.29) is 0 Å². The van der Waals surface area contributed by atoms with Gasteiger partial charge in [0.2, 0.25) is 0 Å². The zero-order valence-electron chi connectivity index (χ0n) is 9.24. The molecule has 1 saturated carbocycles. The van der Waals surface area contributed by atoms with Gasteiger partial charge in [0.05, 0.1) is 0 Å². The lowest BCUT2D eigenvalue weighted by Gasteiger charge is -2.29. The average molecular weight is 336 g/mol. The lowest BCUT2D eigenvalue weighted by atomic mass is 9.77. The molecule has 15 heavy (non-hydrogen) atoms. The summed E-state index contributed by atoms with van der Waals surface area (Å²) < 4.78 is 5.51. The first-order valence-electron chi connectivity index (χ1n) is 5.66. The van der Waals surface area contributed by atoms with Crippen molar-refractivity contribution in [3.05, 3.63) is 8.84 Å². The van der Waals surface area contributed by atoms with Crippen LogP contribution in [-0.2, 0) is 0 Å². The maximum absolute atomic E-state index is 4.50. The Morgan fingerprint density at radius 1 is 1.27 bits per heavy atom. The topological polar surface area (TPSA) is 25.8 Å². The minimum Gasteiger partial charge on any atom is -0.213 e. The largest absolute Gasteiger partial charge is 0.213 e. The predicted octanol–water partition coefficient (Wildman–Crippen LogP) is 4.07. The van der Waals surface area contributed by atoms with E-state index in [9.17, 15) is 0 Å². The van der Waals surface area contributed by atoms with Crippen LogP contribution in [0, 0.1) is 14.9 Å². The van der Waals surface area contributed by atoms with Crippen LogP contribution in [0.25, 0.3) is 0 Å². The zero-order valence-corrected chi connectivity index (χ0v) is 12.2. The van der Waals surface area contributed by atoms with E-state index in [1.54, 1.807) is 0 Å². The third kappa shape index (κ3) is 2.90. The molecule has 0 N–H and O–H groups in total. The Labute approximate surface area is 109 Å². The summed E-state index contributed by atoms with van der Waals surface area (Å²) in [5.41, 5.74) is 0. The quantitative estimate of drug-likeness (QED) is 0.761. The van der Waals surface area contributed by atoms with Crippen molar-refractivity contribution in [2.45, 2.75) is 45.4 Å². The molecule has 1 aromatic heterocycles. The van der Waals surface area contributed by atoms with E-state index in [1.165, 1.54) is 37.2 Å². The van der Waals surface area contributed by atoms with Gasteiger partial charge < -0.3 is 0 Å². The van der Waals surface area contributed by atoms with Crippen LogP contribution in [0.2, 0.25) is 0 Å². The van der Waals surface area contributed by atoms with Crippen molar-refractivity contribution < 1.29 is 0 Å². The molecule has 0 aliphatic heterocycles. The monoisotopic (exact) mass is 336 g/mol. The molecular formula is C11H17IN2S. The highest BCUT2D eigenvalue weighted by Crippen LogP contribution is 2.37. The third-order valence-corrected chi connectivity index (χ3v) is 4.85. The van der Waals surface area contributed by atoms with Crippen molar-refractivity contribution in [2.24, 2.45) is 11.8 Å². The van der Waals surface area contributed by atoms with Gasteiger partial charge >= 0.3 is 0 Å². The smallest absolute Gasteiger partial charge is 0.173 e. The summed E-state index contributed by atoms with van der Waals surface area (Å²) in [6, 6.07) is 0. The highest BCUT2D eigenvalue weighted by molar-refractivity contribution is 14.1. The van der Waals surface area contributed by atoms with Crippen molar-refractivity contribution in [1.82, 2.24) is 9.36 Å². The Balaban J connectivity index is 1.93. The van der Waals surface area contributed by atoms with Gasteiger partial charge in [0.25, 0.3) is 0 Å². The maximum atomic E-state index is 4.50. The van der Waals surface area contributed by atoms with Crippen molar-refractivity contribution in [1.29, 1.82) is 0 Å². The number of aromatic nitrogens is 2. The average Bonchev–Trinajstić information content (AvgIpc) is 2.65. The number of nitrogens with zero attached hydrogens (tertiary/aromatic N) is 2. The molecule has 2 rings (SSSR count). The highest BCUT2D eigenvalue weighted by atomic mass is 127. The minimum atomic E-state index is 0.639. The lowest BCUT2D eigenvalue weighted by Crippen LogP contribution is -2.18. The van der Waals surface area contributed by atoms with Gasteiger partial charge in [0, 0.05) is 5.92 Å². The summed E-state index contributed by atoms with van der Waals surface area (Å²) in [5, 5.41) is 0. The Bertz CT molecular complexity index is 316. The van der Waals surface area contributed by atoms with Crippen molar-refractivity contribution >= 4 is 34.1 Å². The summed E-state index contributed by atoms with van der Waals surface area (Å²) in [6.45, 7) is 4.68. The van der Waals surface area contributed by atoms with Gasteiger partial charge in [-0.25, -0.2) is 4.98 Å². The second-order valence-corrected chi connectivity index (χ2v) is 7.27. The van der Waals surface area contributed by atoms with Gasteiger partial charge in [0.1, 0.15) is 5.82 Å². The number of hydrogen-bond donors (Lipinski definition) is 0. The predicted molar refractivity (Wildman–Crippen MR) is 72.2 cm³/mol. The fourth-order valence-corrected chi connectivity index (χ4v) is 3.46. The molecule has 84 valence electrons. The number of halogens is 1. The SMILES string of the molecule is CC(C)C1CCC(c2nsc(I)n2)CC1. The summed E-state index contributed by atoms with van der Waals surface area (Å²) in [7, 11) is 0. The molecule has 1 aliphatic rings. The minimum absolute atomic E-state index is 0.639. The highest BCUT2D eigenvalue weighted by Gasteiger charge is 2.26. The molecule has 2 nitrogen and oxygen atoms in total. The number of hydrogen-bond acceptors (Lipinski definition) is 3. The molecule has 0 unspecified atom stereocenters. The van der Waals surface area contributed by atoms with Crippen LogP contribution in [-0.4, -0.2) is 9.36 Å². The van der Waals surface area contributed by atoms with Gasteiger partial charge in [-0.2, -0.15) is 4.37 Å². The zero-order chi connectivity index (χ0) is 10.8. The molecule has 0 atom stereocenters. The molecule has 0 saturated heterocycles. The number of rotatable bonds is 2. The van der Waals surface area contributed by atoms with Crippen LogP contribution in [0.3, 0.4) is 0 Å². The summed E-state index contributed by atoms with van der Waals surface area (Å²) >= 11 is 3.79. The Morgan fingerprint density at radius 3 is 2.40 bits per heavy atom. The van der Waals surface area contributed by atoms with Gasteiger partial charge in [-0.3, -0.25) is 0 Å². The van der Waals surface area contributed by atoms with Gasteiger partial charge in [-0.1, -0.05) is 13.8 Å². The fourth-order valence-electron chi connectivity index (χ4n) is 2.43. The van der Waals surface area contributed by atoms with Crippen molar-refractivity contribution in [2.75, 3.05) is 0 Å². The molecule has 0 radical (unpaired) electrons.